The van der Waals surface area contributed by atoms with Crippen molar-refractivity contribution in [2.24, 2.45) is 0 Å². The van der Waals surface area contributed by atoms with Crippen molar-refractivity contribution in [3.63, 3.8) is 0 Å². The predicted molar refractivity (Wildman–Crippen MR) is 179 cm³/mol. The van der Waals surface area contributed by atoms with E-state index in [1.165, 1.54) is 51.9 Å². The average Bonchev–Trinajstić information content (AvgIpc) is 3.53. The molecule has 0 spiro atoms. The summed E-state index contributed by atoms with van der Waals surface area (Å²) in [7, 11) is 0.987. The quantitative estimate of drug-likeness (QED) is 0.0840. The largest absolute Gasteiger partial charge is 0.454 e. The number of carbonyl (C=O) groups is 2. The van der Waals surface area contributed by atoms with Crippen LogP contribution in [0.1, 0.15) is 78.7 Å². The van der Waals surface area contributed by atoms with Crippen LogP contribution in [0.2, 0.25) is 0 Å². The highest BCUT2D eigenvalue weighted by Gasteiger charge is 2.68. The van der Waals surface area contributed by atoms with Gasteiger partial charge in [-0.3, -0.25) is 13.8 Å². The molecule has 0 saturated carbocycles. The molecule has 1 aromatic rings. The van der Waals surface area contributed by atoms with Crippen molar-refractivity contribution in [1.29, 1.82) is 0 Å². The third-order valence-electron chi connectivity index (χ3n) is 7.52. The molecule has 0 aromatic heterocycles. The summed E-state index contributed by atoms with van der Waals surface area (Å²) in [6, 6.07) is 5.56. The molecule has 3 aliphatic rings. The molecule has 3 aliphatic heterocycles. The molecular formula is C29H45BrNO7PS3. The van der Waals surface area contributed by atoms with Gasteiger partial charge in [0.2, 0.25) is 25.4 Å². The Hall–Kier alpha value is -0.360. The minimum atomic E-state index is -1.29. The van der Waals surface area contributed by atoms with Gasteiger partial charge in [0.05, 0.1) is 0 Å². The van der Waals surface area contributed by atoms with Crippen LogP contribution in [0.15, 0.2) is 18.2 Å². The van der Waals surface area contributed by atoms with Gasteiger partial charge < -0.3 is 23.4 Å². The number of rotatable bonds is 14. The van der Waals surface area contributed by atoms with E-state index in [1.807, 2.05) is 39.0 Å². The Bertz CT molecular complexity index is 1100. The minimum Gasteiger partial charge on any atom is -0.454 e. The topological polar surface area (TPSA) is 91.4 Å². The van der Waals surface area contributed by atoms with Gasteiger partial charge in [0.1, 0.15) is 15.7 Å². The first-order valence-corrected chi connectivity index (χ1v) is 20.1. The molecule has 2 fully saturated rings. The van der Waals surface area contributed by atoms with Crippen LogP contribution in [0, 0.1) is 0 Å². The number of hydrogen-bond acceptors (Lipinski definition) is 9. The van der Waals surface area contributed by atoms with Gasteiger partial charge in [-0.25, -0.2) is 0 Å². The highest BCUT2D eigenvalue weighted by molar-refractivity contribution is 9.10. The lowest BCUT2D eigenvalue weighted by Crippen LogP contribution is -2.69. The van der Waals surface area contributed by atoms with Crippen molar-refractivity contribution in [2.75, 3.05) is 26.8 Å². The maximum absolute atomic E-state index is 12.5. The Labute approximate surface area is 271 Å². The van der Waals surface area contributed by atoms with Gasteiger partial charge in [0.15, 0.2) is 11.5 Å². The molecule has 0 radical (unpaired) electrons. The van der Waals surface area contributed by atoms with E-state index >= 15 is 0 Å². The molecule has 5 atom stereocenters. The standard InChI is InChI=1S/C18H28O3S.C11H17BrNO4PS2/c1-3-4-5-6-7-8-11-22(19)15(2)12-16-9-10-17-18(13-16)21-14-20-17;1-10(2)6(7(14)20-18(16-4)17-5)13-8(15)11(3,12)9(13)19-10/h9-10,13,15H,3-8,11-12,14H2,1-2H3;6,9H,1-5H3/t;6-,9+,11?/m.0/s1. The Morgan fingerprint density at radius 1 is 1.17 bits per heavy atom. The SMILES string of the molecule is CCCCCCCCS(=O)C(C)Cc1ccc2c(c1)OCO2.COP(OC)SC(=O)[C@@H]1N2C(=O)C(C)(Br)[C@H]2SC1(C)C. The molecule has 1 aromatic carbocycles. The highest BCUT2D eigenvalue weighted by Crippen LogP contribution is 2.60. The normalized spacial score (nSPS) is 25.0. The summed E-state index contributed by atoms with van der Waals surface area (Å²) in [4.78, 5) is 26.5. The molecule has 4 rings (SSSR count). The zero-order valence-corrected chi connectivity index (χ0v) is 30.6. The van der Waals surface area contributed by atoms with Gasteiger partial charge in [-0.2, -0.15) is 0 Å². The number of benzene rings is 1. The molecule has 1 amide bonds. The molecule has 8 nitrogen and oxygen atoms in total. The second kappa shape index (κ2) is 16.3. The summed E-state index contributed by atoms with van der Waals surface area (Å²) in [5.74, 6) is 2.42. The van der Waals surface area contributed by atoms with Crippen molar-refractivity contribution in [1.82, 2.24) is 4.90 Å². The molecular weight excluding hydrogens is 681 g/mol. The first-order valence-electron chi connectivity index (χ1n) is 14.4. The summed E-state index contributed by atoms with van der Waals surface area (Å²) in [6.07, 6.45) is 8.32. The number of ether oxygens (including phenoxy) is 2. The summed E-state index contributed by atoms with van der Waals surface area (Å²) in [6.45, 7) is 10.5. The Morgan fingerprint density at radius 3 is 2.48 bits per heavy atom. The minimum absolute atomic E-state index is 0.00383. The summed E-state index contributed by atoms with van der Waals surface area (Å²) in [5, 5.41) is 0.114. The van der Waals surface area contributed by atoms with Gasteiger partial charge in [-0.15, -0.1) is 11.8 Å². The van der Waals surface area contributed by atoms with E-state index in [4.69, 9.17) is 18.5 Å². The molecule has 3 unspecified atom stereocenters. The van der Waals surface area contributed by atoms with E-state index < -0.39 is 28.7 Å². The van der Waals surface area contributed by atoms with E-state index in [1.54, 1.807) is 16.7 Å². The number of amides is 1. The Kier molecular flexibility index (Phi) is 14.0. The van der Waals surface area contributed by atoms with Crippen LogP contribution < -0.4 is 9.47 Å². The van der Waals surface area contributed by atoms with Crippen LogP contribution in [-0.2, 0) is 35.9 Å². The summed E-state index contributed by atoms with van der Waals surface area (Å²) < 4.78 is 32.4. The monoisotopic (exact) mass is 725 g/mol. The fourth-order valence-corrected chi connectivity index (χ4v) is 10.9. The van der Waals surface area contributed by atoms with Crippen LogP contribution in [0.5, 0.6) is 11.5 Å². The second-order valence-corrected chi connectivity index (χ2v) is 19.9. The number of hydrogen-bond donors (Lipinski definition) is 0. The van der Waals surface area contributed by atoms with Gasteiger partial charge in [0, 0.05) is 52.2 Å². The number of nitrogens with zero attached hydrogens (tertiary/aromatic N) is 1. The van der Waals surface area contributed by atoms with Crippen LogP contribution >= 0.6 is 46.7 Å². The fourth-order valence-electron chi connectivity index (χ4n) is 5.16. The van der Waals surface area contributed by atoms with Gasteiger partial charge >= 0.3 is 0 Å². The van der Waals surface area contributed by atoms with E-state index in [0.717, 1.165) is 41.5 Å². The molecule has 2 saturated heterocycles. The van der Waals surface area contributed by atoms with Crippen LogP contribution in [0.3, 0.4) is 0 Å². The van der Waals surface area contributed by atoms with Crippen LogP contribution in [0.25, 0.3) is 0 Å². The van der Waals surface area contributed by atoms with E-state index in [9.17, 15) is 13.8 Å². The maximum atomic E-state index is 12.5. The molecule has 0 bridgehead atoms. The van der Waals surface area contributed by atoms with Crippen LogP contribution in [0.4, 0.5) is 0 Å². The number of carbonyl (C=O) groups excluding carboxylic acids is 2. The third-order valence-corrected chi connectivity index (χ3v) is 15.1. The molecule has 0 aliphatic carbocycles. The molecule has 0 N–H and O–H groups in total. The number of unbranched alkanes of at least 4 members (excludes halogenated alkanes) is 5. The highest BCUT2D eigenvalue weighted by atomic mass is 79.9. The van der Waals surface area contributed by atoms with Crippen LogP contribution in [-0.4, -0.2) is 72.6 Å². The Balaban J connectivity index is 0.000000231. The van der Waals surface area contributed by atoms with Gasteiger partial charge in [-0.1, -0.05) is 67.9 Å². The number of alkyl halides is 1. The van der Waals surface area contributed by atoms with Crippen molar-refractivity contribution >= 4 is 68.5 Å². The van der Waals surface area contributed by atoms with Crippen molar-refractivity contribution in [2.45, 2.75) is 105 Å². The zero-order valence-electron chi connectivity index (χ0n) is 25.7. The second-order valence-electron chi connectivity index (χ2n) is 11.3. The number of thioether (sulfide) groups is 1. The summed E-state index contributed by atoms with van der Waals surface area (Å²) in [5.41, 5.74) is 1.17. The fraction of sp³-hybridized carbons (Fsp3) is 0.724. The Morgan fingerprint density at radius 2 is 1.81 bits per heavy atom. The number of β-lactam (4-membered cyclic amide) rings is 1. The first kappa shape index (κ1) is 36.1. The zero-order chi connectivity index (χ0) is 31.1. The maximum Gasteiger partial charge on any atom is 0.245 e. The van der Waals surface area contributed by atoms with Gasteiger partial charge in [0.25, 0.3) is 0 Å². The molecule has 42 heavy (non-hydrogen) atoms. The smallest absolute Gasteiger partial charge is 0.245 e. The molecule has 238 valence electrons. The lowest BCUT2D eigenvalue weighted by atomic mass is 9.93. The van der Waals surface area contributed by atoms with Gasteiger partial charge in [-0.05, 0) is 51.3 Å². The van der Waals surface area contributed by atoms with Crippen molar-refractivity contribution in [3.8, 4) is 11.5 Å². The number of fused-ring (bicyclic) bond motifs is 2. The average molecular weight is 727 g/mol. The lowest BCUT2D eigenvalue weighted by molar-refractivity contribution is -0.150. The van der Waals surface area contributed by atoms with Crippen molar-refractivity contribution < 1.29 is 32.3 Å². The predicted octanol–water partition coefficient (Wildman–Crippen LogP) is 7.44. The van der Waals surface area contributed by atoms with E-state index in [0.29, 0.717) is 6.79 Å². The van der Waals surface area contributed by atoms with E-state index in [2.05, 4.69) is 29.8 Å². The summed E-state index contributed by atoms with van der Waals surface area (Å²) >= 11 is 6.17. The van der Waals surface area contributed by atoms with Crippen molar-refractivity contribution in [3.05, 3.63) is 23.8 Å². The third kappa shape index (κ3) is 8.88. The van der Waals surface area contributed by atoms with E-state index in [-0.39, 0.29) is 26.4 Å². The first-order chi connectivity index (χ1) is 19.9. The molecule has 3 heterocycles. The lowest BCUT2D eigenvalue weighted by Gasteiger charge is -2.48. The number of halogens is 1. The molecule has 13 heteroatoms.